The van der Waals surface area contributed by atoms with Crippen LogP contribution < -0.4 is 32.5 Å². The zero-order chi connectivity index (χ0) is 14.8. The third kappa shape index (κ3) is 3.54. The van der Waals surface area contributed by atoms with Crippen molar-refractivity contribution in [2.45, 2.75) is 24.6 Å². The Bertz CT molecular complexity index is 604. The molecule has 0 bridgehead atoms. The summed E-state index contributed by atoms with van der Waals surface area (Å²) in [6.45, 7) is 3.99. The number of rotatable bonds is 4. The third-order valence-corrected chi connectivity index (χ3v) is 4.27. The fraction of sp³-hybridized carbons (Fsp3) is 0.294. The van der Waals surface area contributed by atoms with E-state index < -0.39 is 0 Å². The molecule has 0 amide bonds. The van der Waals surface area contributed by atoms with Gasteiger partial charge in [0.15, 0.2) is 5.69 Å². The van der Waals surface area contributed by atoms with Crippen molar-refractivity contribution in [1.29, 1.82) is 0 Å². The Kier molecular flexibility index (Phi) is 6.03. The maximum atomic E-state index is 6.54. The average Bonchev–Trinajstić information content (AvgIpc) is 2.74. The van der Waals surface area contributed by atoms with E-state index >= 15 is 0 Å². The van der Waals surface area contributed by atoms with Crippen LogP contribution in [-0.2, 0) is 6.54 Å². The summed E-state index contributed by atoms with van der Waals surface area (Å²) in [5.41, 5.74) is 10.4. The van der Waals surface area contributed by atoms with E-state index in [1.807, 2.05) is 6.07 Å². The molecule has 1 heterocycles. The molecule has 3 N–H and O–H groups in total. The monoisotopic (exact) mass is 425 g/mol. The summed E-state index contributed by atoms with van der Waals surface area (Å²) in [6.07, 6.45) is -0.0393. The standard InChI is InChI=1S/C17H20BrN3.BrH/c1-13(18)11-20-15-9-5-6-10-16(15)21(17(20)19)12-14-7-3-2-4-8-14;/h2-10,13,17H,11-12,19H2,1H3;1H. The van der Waals surface area contributed by atoms with Gasteiger partial charge in [-0.15, -0.1) is 0 Å². The highest BCUT2D eigenvalue weighted by Gasteiger charge is 2.38. The number of quaternary nitrogens is 1. The first-order valence-corrected chi connectivity index (χ1v) is 8.23. The Morgan fingerprint density at radius 2 is 1.77 bits per heavy atom. The fourth-order valence-electron chi connectivity index (χ4n) is 2.99. The van der Waals surface area contributed by atoms with Gasteiger partial charge in [0.1, 0.15) is 5.69 Å². The first-order chi connectivity index (χ1) is 10.2. The molecule has 5 heteroatoms. The van der Waals surface area contributed by atoms with Crippen molar-refractivity contribution in [2.75, 3.05) is 11.4 Å². The lowest BCUT2D eigenvalue weighted by atomic mass is 10.2. The second-order valence-electron chi connectivity index (χ2n) is 5.59. The molecule has 0 aliphatic carbocycles. The summed E-state index contributed by atoms with van der Waals surface area (Å²) >= 11 is 3.66. The molecule has 2 aromatic rings. The van der Waals surface area contributed by atoms with Gasteiger partial charge in [0, 0.05) is 6.07 Å². The highest BCUT2D eigenvalue weighted by atomic mass is 79.9. The predicted octanol–water partition coefficient (Wildman–Crippen LogP) is -0.747. The van der Waals surface area contributed by atoms with Crippen LogP contribution in [0.5, 0.6) is 0 Å². The first-order valence-electron chi connectivity index (χ1n) is 7.32. The van der Waals surface area contributed by atoms with Gasteiger partial charge in [-0.1, -0.05) is 58.4 Å². The fourth-order valence-corrected chi connectivity index (χ4v) is 3.34. The Labute approximate surface area is 151 Å². The molecule has 0 saturated carbocycles. The summed E-state index contributed by atoms with van der Waals surface area (Å²) in [5, 5.41) is 0. The predicted molar refractivity (Wildman–Crippen MR) is 90.9 cm³/mol. The van der Waals surface area contributed by atoms with Gasteiger partial charge in [0.2, 0.25) is 6.29 Å². The van der Waals surface area contributed by atoms with Crippen LogP contribution in [0.3, 0.4) is 0 Å². The van der Waals surface area contributed by atoms with Crippen molar-refractivity contribution in [3.8, 4) is 0 Å². The molecule has 3 rings (SSSR count). The smallest absolute Gasteiger partial charge is 0.224 e. The molecule has 3 unspecified atom stereocenters. The Hall–Kier alpha value is -0.880. The number of fused-ring (bicyclic) bond motifs is 1. The van der Waals surface area contributed by atoms with E-state index in [2.05, 4.69) is 76.3 Å². The minimum atomic E-state index is -0.0393. The van der Waals surface area contributed by atoms with E-state index in [1.165, 1.54) is 21.8 Å². The van der Waals surface area contributed by atoms with Crippen LogP contribution in [0, 0.1) is 0 Å². The van der Waals surface area contributed by atoms with E-state index in [0.29, 0.717) is 4.83 Å². The number of alkyl halides is 1. The van der Waals surface area contributed by atoms with Gasteiger partial charge in [0.05, 0.1) is 17.9 Å². The zero-order valence-electron chi connectivity index (χ0n) is 12.5. The molecular formula is C17H21Br2N3. The maximum Gasteiger partial charge on any atom is 0.224 e. The van der Waals surface area contributed by atoms with Gasteiger partial charge in [-0.2, -0.15) is 0 Å². The number of nitrogens with two attached hydrogens (primary N) is 1. The molecule has 0 radical (unpaired) electrons. The SMILES string of the molecule is CC(Br)C[NH+]1c2ccccc2N(Cc2ccccc2)C1N.[Br-]. The summed E-state index contributed by atoms with van der Waals surface area (Å²) < 4.78 is 0. The molecule has 2 aromatic carbocycles. The molecule has 0 saturated heterocycles. The van der Waals surface area contributed by atoms with Gasteiger partial charge in [0.25, 0.3) is 0 Å². The quantitative estimate of drug-likeness (QED) is 0.631. The van der Waals surface area contributed by atoms with E-state index in [4.69, 9.17) is 5.73 Å². The van der Waals surface area contributed by atoms with Crippen LogP contribution in [-0.4, -0.2) is 17.7 Å². The number of nitrogens with zero attached hydrogens (tertiary/aromatic N) is 1. The molecule has 118 valence electrons. The molecule has 0 fully saturated rings. The van der Waals surface area contributed by atoms with E-state index in [0.717, 1.165) is 13.1 Å². The van der Waals surface area contributed by atoms with Crippen molar-refractivity contribution < 1.29 is 21.9 Å². The van der Waals surface area contributed by atoms with Crippen molar-refractivity contribution in [2.24, 2.45) is 5.73 Å². The topological polar surface area (TPSA) is 33.7 Å². The molecule has 0 spiro atoms. The highest BCUT2D eigenvalue weighted by molar-refractivity contribution is 9.09. The lowest BCUT2D eigenvalue weighted by molar-refractivity contribution is -0.852. The maximum absolute atomic E-state index is 6.54. The summed E-state index contributed by atoms with van der Waals surface area (Å²) in [6, 6.07) is 19.0. The molecule has 1 aliphatic heterocycles. The Balaban J connectivity index is 0.00000176. The van der Waals surface area contributed by atoms with Crippen LogP contribution in [0.15, 0.2) is 54.6 Å². The van der Waals surface area contributed by atoms with Crippen molar-refractivity contribution in [3.63, 3.8) is 0 Å². The molecule has 1 aliphatic rings. The Morgan fingerprint density at radius 1 is 1.14 bits per heavy atom. The molecule has 0 aromatic heterocycles. The van der Waals surface area contributed by atoms with Gasteiger partial charge >= 0.3 is 0 Å². The number of hydrogen-bond donors (Lipinski definition) is 2. The highest BCUT2D eigenvalue weighted by Crippen LogP contribution is 2.29. The van der Waals surface area contributed by atoms with Gasteiger partial charge < -0.3 is 17.0 Å². The average molecular weight is 427 g/mol. The van der Waals surface area contributed by atoms with E-state index in [1.54, 1.807) is 0 Å². The van der Waals surface area contributed by atoms with Crippen LogP contribution >= 0.6 is 15.9 Å². The number of anilines is 1. The minimum absolute atomic E-state index is 0. The number of benzene rings is 2. The van der Waals surface area contributed by atoms with Crippen LogP contribution in [0.1, 0.15) is 12.5 Å². The van der Waals surface area contributed by atoms with Crippen LogP contribution in [0.2, 0.25) is 0 Å². The van der Waals surface area contributed by atoms with E-state index in [-0.39, 0.29) is 23.3 Å². The van der Waals surface area contributed by atoms with Crippen LogP contribution in [0.25, 0.3) is 0 Å². The normalized spacial score (nSPS) is 21.1. The van der Waals surface area contributed by atoms with Crippen LogP contribution in [0.4, 0.5) is 11.4 Å². The number of nitrogens with one attached hydrogen (secondary N) is 1. The molecule has 3 nitrogen and oxygen atoms in total. The number of hydrogen-bond acceptors (Lipinski definition) is 2. The second kappa shape index (κ2) is 7.59. The largest absolute Gasteiger partial charge is 1.00 e. The van der Waals surface area contributed by atoms with Gasteiger partial charge in [-0.05, 0) is 18.6 Å². The molecular weight excluding hydrogens is 406 g/mol. The zero-order valence-corrected chi connectivity index (χ0v) is 15.7. The summed E-state index contributed by atoms with van der Waals surface area (Å²) in [7, 11) is 0. The molecule has 3 atom stereocenters. The lowest BCUT2D eigenvalue weighted by Gasteiger charge is -2.25. The van der Waals surface area contributed by atoms with Gasteiger partial charge in [-0.3, -0.25) is 15.5 Å². The van der Waals surface area contributed by atoms with Crippen molar-refractivity contribution >= 4 is 27.3 Å². The summed E-state index contributed by atoms with van der Waals surface area (Å²) in [5.74, 6) is 0. The number of halogens is 2. The molecule has 22 heavy (non-hydrogen) atoms. The van der Waals surface area contributed by atoms with Crippen molar-refractivity contribution in [3.05, 3.63) is 60.2 Å². The van der Waals surface area contributed by atoms with Gasteiger partial charge in [-0.25, -0.2) is 0 Å². The minimum Gasteiger partial charge on any atom is -1.00 e. The van der Waals surface area contributed by atoms with E-state index in [9.17, 15) is 0 Å². The first kappa shape index (κ1) is 17.5. The Morgan fingerprint density at radius 3 is 2.45 bits per heavy atom. The number of para-hydroxylation sites is 2. The third-order valence-electron chi connectivity index (χ3n) is 3.95. The summed E-state index contributed by atoms with van der Waals surface area (Å²) in [4.78, 5) is 4.06. The second-order valence-corrected chi connectivity index (χ2v) is 7.15. The lowest BCUT2D eigenvalue weighted by Crippen LogP contribution is -3.14. The van der Waals surface area contributed by atoms with Crippen molar-refractivity contribution in [1.82, 2.24) is 0 Å².